The lowest BCUT2D eigenvalue weighted by atomic mass is 10.2. The van der Waals surface area contributed by atoms with Crippen LogP contribution in [-0.4, -0.2) is 21.0 Å². The lowest BCUT2D eigenvalue weighted by Gasteiger charge is -2.01. The molecule has 0 aliphatic heterocycles. The van der Waals surface area contributed by atoms with Crippen molar-refractivity contribution in [1.82, 2.24) is 15.1 Å². The van der Waals surface area contributed by atoms with Crippen molar-refractivity contribution in [2.45, 2.75) is 6.92 Å². The van der Waals surface area contributed by atoms with Crippen LogP contribution in [0.1, 0.15) is 16.1 Å². The zero-order chi connectivity index (χ0) is 11.5. The average molecular weight is 239 g/mol. The third-order valence-electron chi connectivity index (χ3n) is 1.84. The van der Waals surface area contributed by atoms with Crippen LogP contribution in [0.15, 0.2) is 23.1 Å². The summed E-state index contributed by atoms with van der Waals surface area (Å²) in [6.07, 6.45) is 4.11. The van der Waals surface area contributed by atoms with E-state index >= 15 is 0 Å². The summed E-state index contributed by atoms with van der Waals surface area (Å²) in [4.78, 5) is 19.4. The van der Waals surface area contributed by atoms with E-state index in [1.165, 1.54) is 18.6 Å². The Balaban J connectivity index is 2.17. The first-order valence-corrected chi connectivity index (χ1v) is 4.75. The number of hydrogen-bond acceptors (Lipinski definition) is 5. The summed E-state index contributed by atoms with van der Waals surface area (Å²) < 4.78 is 4.77. The predicted molar refractivity (Wildman–Crippen MR) is 56.2 cm³/mol. The molecule has 1 amide bonds. The summed E-state index contributed by atoms with van der Waals surface area (Å²) in [5.41, 5.74) is 0.349. The topological polar surface area (TPSA) is 80.9 Å². The number of anilines is 1. The molecule has 2 aromatic rings. The smallest absolute Gasteiger partial charge is 0.262 e. The highest BCUT2D eigenvalue weighted by atomic mass is 35.5. The fraction of sp³-hybridized carbons (Fsp3) is 0.111. The minimum atomic E-state index is -0.365. The van der Waals surface area contributed by atoms with E-state index in [-0.39, 0.29) is 16.9 Å². The molecule has 0 saturated carbocycles. The number of carbonyl (C=O) groups is 1. The molecule has 0 radical (unpaired) electrons. The third kappa shape index (κ3) is 2.17. The van der Waals surface area contributed by atoms with Crippen LogP contribution < -0.4 is 5.32 Å². The van der Waals surface area contributed by atoms with Crippen molar-refractivity contribution < 1.29 is 9.32 Å². The van der Waals surface area contributed by atoms with E-state index < -0.39 is 0 Å². The van der Waals surface area contributed by atoms with Crippen LogP contribution >= 0.6 is 11.6 Å². The maximum Gasteiger partial charge on any atom is 0.262 e. The lowest BCUT2D eigenvalue weighted by molar-refractivity contribution is 0.102. The van der Waals surface area contributed by atoms with Crippen LogP contribution in [0, 0.1) is 6.92 Å². The summed E-state index contributed by atoms with van der Waals surface area (Å²) in [7, 11) is 0. The number of rotatable bonds is 2. The molecule has 2 rings (SSSR count). The summed E-state index contributed by atoms with van der Waals surface area (Å²) in [6, 6.07) is 0. The Labute approximate surface area is 95.6 Å². The molecular formula is C9H7ClN4O2. The summed E-state index contributed by atoms with van der Waals surface area (Å²) in [6.45, 7) is 1.64. The van der Waals surface area contributed by atoms with Crippen LogP contribution in [0.25, 0.3) is 0 Å². The maximum absolute atomic E-state index is 11.7. The van der Waals surface area contributed by atoms with Gasteiger partial charge in [-0.15, -0.1) is 0 Å². The quantitative estimate of drug-likeness (QED) is 0.861. The van der Waals surface area contributed by atoms with Gasteiger partial charge in [0.2, 0.25) is 0 Å². The minimum absolute atomic E-state index is 0.208. The first kappa shape index (κ1) is 10.6. The molecule has 2 aromatic heterocycles. The predicted octanol–water partition coefficient (Wildman–Crippen LogP) is 1.68. The van der Waals surface area contributed by atoms with Crippen molar-refractivity contribution in [3.05, 3.63) is 35.1 Å². The fourth-order valence-electron chi connectivity index (χ4n) is 1.10. The monoisotopic (exact) mass is 238 g/mol. The molecule has 0 unspecified atom stereocenters. The number of hydrogen-bond donors (Lipinski definition) is 1. The Hall–Kier alpha value is -1.95. The summed E-state index contributed by atoms with van der Waals surface area (Å²) >= 11 is 5.63. The molecule has 0 saturated heterocycles. The van der Waals surface area contributed by atoms with Gasteiger partial charge in [0.15, 0.2) is 5.82 Å². The molecule has 0 aromatic carbocycles. The van der Waals surface area contributed by atoms with Crippen molar-refractivity contribution in [3.8, 4) is 0 Å². The molecule has 0 bridgehead atoms. The van der Waals surface area contributed by atoms with E-state index in [0.29, 0.717) is 11.3 Å². The SMILES string of the molecule is Cc1oncc1C(=O)Nc1cncc(Cl)n1. The normalized spacial score (nSPS) is 10.1. The van der Waals surface area contributed by atoms with E-state index in [0.717, 1.165) is 0 Å². The highest BCUT2D eigenvalue weighted by molar-refractivity contribution is 6.29. The van der Waals surface area contributed by atoms with Gasteiger partial charge in [0.1, 0.15) is 16.5 Å². The Bertz CT molecular complexity index is 526. The zero-order valence-corrected chi connectivity index (χ0v) is 9.02. The number of carbonyl (C=O) groups excluding carboxylic acids is 1. The van der Waals surface area contributed by atoms with Gasteiger partial charge >= 0.3 is 0 Å². The van der Waals surface area contributed by atoms with E-state index in [2.05, 4.69) is 20.4 Å². The number of halogens is 1. The van der Waals surface area contributed by atoms with Gasteiger partial charge in [-0.3, -0.25) is 9.78 Å². The van der Waals surface area contributed by atoms with Crippen LogP contribution in [0.3, 0.4) is 0 Å². The van der Waals surface area contributed by atoms with E-state index in [1.54, 1.807) is 6.92 Å². The second-order valence-corrected chi connectivity index (χ2v) is 3.36. The number of nitrogens with one attached hydrogen (secondary N) is 1. The van der Waals surface area contributed by atoms with Crippen molar-refractivity contribution in [2.24, 2.45) is 0 Å². The van der Waals surface area contributed by atoms with Crippen molar-refractivity contribution in [2.75, 3.05) is 5.32 Å². The van der Waals surface area contributed by atoms with Gasteiger partial charge in [0.05, 0.1) is 18.6 Å². The third-order valence-corrected chi connectivity index (χ3v) is 2.02. The molecule has 2 heterocycles. The molecule has 0 spiro atoms. The number of aromatic nitrogens is 3. The van der Waals surface area contributed by atoms with Crippen LogP contribution in [0.4, 0.5) is 5.82 Å². The maximum atomic E-state index is 11.7. The van der Waals surface area contributed by atoms with Gasteiger partial charge in [-0.2, -0.15) is 0 Å². The van der Waals surface area contributed by atoms with Gasteiger partial charge in [-0.25, -0.2) is 4.98 Å². The van der Waals surface area contributed by atoms with E-state index in [1.807, 2.05) is 0 Å². The van der Waals surface area contributed by atoms with Crippen molar-refractivity contribution >= 4 is 23.3 Å². The average Bonchev–Trinajstić information content (AvgIpc) is 2.64. The van der Waals surface area contributed by atoms with E-state index in [4.69, 9.17) is 16.1 Å². The largest absolute Gasteiger partial charge is 0.361 e. The molecule has 7 heteroatoms. The Morgan fingerprint density at radius 1 is 1.44 bits per heavy atom. The van der Waals surface area contributed by atoms with Gasteiger partial charge in [0, 0.05) is 0 Å². The molecular weight excluding hydrogens is 232 g/mol. The molecule has 16 heavy (non-hydrogen) atoms. The molecule has 0 atom stereocenters. The van der Waals surface area contributed by atoms with Gasteiger partial charge in [-0.05, 0) is 6.92 Å². The van der Waals surface area contributed by atoms with Crippen LogP contribution in [0.5, 0.6) is 0 Å². The van der Waals surface area contributed by atoms with Gasteiger partial charge < -0.3 is 9.84 Å². The standard InChI is InChI=1S/C9H7ClN4O2/c1-5-6(2-12-16-5)9(15)14-8-4-11-3-7(10)13-8/h2-4H,1H3,(H,13,14,15). The molecule has 0 aliphatic rings. The highest BCUT2D eigenvalue weighted by Gasteiger charge is 2.13. The fourth-order valence-corrected chi connectivity index (χ4v) is 1.25. The minimum Gasteiger partial charge on any atom is -0.361 e. The van der Waals surface area contributed by atoms with Crippen molar-refractivity contribution in [1.29, 1.82) is 0 Å². The van der Waals surface area contributed by atoms with E-state index in [9.17, 15) is 4.79 Å². The number of nitrogens with zero attached hydrogens (tertiary/aromatic N) is 3. The van der Waals surface area contributed by atoms with Gasteiger partial charge in [-0.1, -0.05) is 16.8 Å². The summed E-state index contributed by atoms with van der Waals surface area (Å²) in [5, 5.41) is 6.24. The number of aryl methyl sites for hydroxylation is 1. The molecule has 0 aliphatic carbocycles. The first-order chi connectivity index (χ1) is 7.66. The Morgan fingerprint density at radius 2 is 2.25 bits per heavy atom. The number of amides is 1. The molecule has 6 nitrogen and oxygen atoms in total. The molecule has 1 N–H and O–H groups in total. The summed E-state index contributed by atoms with van der Waals surface area (Å²) in [5.74, 6) is 0.348. The second kappa shape index (κ2) is 4.28. The molecule has 82 valence electrons. The Kier molecular flexibility index (Phi) is 2.82. The highest BCUT2D eigenvalue weighted by Crippen LogP contribution is 2.11. The lowest BCUT2D eigenvalue weighted by Crippen LogP contribution is -2.13. The van der Waals surface area contributed by atoms with Crippen molar-refractivity contribution in [3.63, 3.8) is 0 Å². The van der Waals surface area contributed by atoms with Crippen LogP contribution in [-0.2, 0) is 0 Å². The second-order valence-electron chi connectivity index (χ2n) is 2.98. The van der Waals surface area contributed by atoms with Crippen LogP contribution in [0.2, 0.25) is 5.15 Å². The Morgan fingerprint density at radius 3 is 2.88 bits per heavy atom. The molecule has 0 fully saturated rings. The van der Waals surface area contributed by atoms with Gasteiger partial charge in [0.25, 0.3) is 5.91 Å². The zero-order valence-electron chi connectivity index (χ0n) is 8.27. The first-order valence-electron chi connectivity index (χ1n) is 4.37.